The van der Waals surface area contributed by atoms with E-state index in [1.807, 2.05) is 0 Å². The summed E-state index contributed by atoms with van der Waals surface area (Å²) in [7, 11) is 4.13. The largest absolute Gasteiger partial charge is 0.0729 e. The van der Waals surface area contributed by atoms with Crippen LogP contribution in [0.1, 0.15) is 37.9 Å². The van der Waals surface area contributed by atoms with Crippen molar-refractivity contribution in [2.45, 2.75) is 40.0 Å². The molecule has 24 heavy (non-hydrogen) atoms. The summed E-state index contributed by atoms with van der Waals surface area (Å²) in [5.74, 6) is 4.75. The molecule has 0 spiro atoms. The lowest BCUT2D eigenvalue weighted by molar-refractivity contribution is 0.967. The molecule has 0 N–H and O–H groups in total. The molecule has 0 aliphatic carbocycles. The van der Waals surface area contributed by atoms with Crippen molar-refractivity contribution in [3.63, 3.8) is 0 Å². The third-order valence-corrected chi connectivity index (χ3v) is 7.51. The summed E-state index contributed by atoms with van der Waals surface area (Å²) in [4.78, 5) is 0. The normalized spacial score (nSPS) is 11.8. The van der Waals surface area contributed by atoms with Gasteiger partial charge < -0.3 is 0 Å². The Bertz CT molecular complexity index is 805. The van der Waals surface area contributed by atoms with Gasteiger partial charge in [0.05, 0.1) is 0 Å². The second-order valence-corrected chi connectivity index (χ2v) is 10.3. The van der Waals surface area contributed by atoms with Gasteiger partial charge in [-0.15, -0.1) is 0 Å². The van der Waals surface area contributed by atoms with Crippen LogP contribution in [0.15, 0.2) is 48.0 Å². The van der Waals surface area contributed by atoms with Crippen molar-refractivity contribution in [2.75, 3.05) is 0 Å². The summed E-state index contributed by atoms with van der Waals surface area (Å²) in [5.41, 5.74) is 4.45. The molecule has 0 aliphatic rings. The zero-order valence-electron chi connectivity index (χ0n) is 14.6. The van der Waals surface area contributed by atoms with Crippen LogP contribution in [-0.4, -0.2) is 0 Å². The summed E-state index contributed by atoms with van der Waals surface area (Å²) in [6, 6.07) is 13.8. The van der Waals surface area contributed by atoms with Crippen LogP contribution >= 0.6 is 24.6 Å². The van der Waals surface area contributed by atoms with Crippen molar-refractivity contribution < 1.29 is 0 Å². The van der Waals surface area contributed by atoms with E-state index in [2.05, 4.69) is 68.8 Å². The van der Waals surface area contributed by atoms with E-state index < -0.39 is 0 Å². The molecule has 0 unspecified atom stereocenters. The quantitative estimate of drug-likeness (QED) is 0.432. The third-order valence-electron chi connectivity index (χ3n) is 4.27. The summed E-state index contributed by atoms with van der Waals surface area (Å²) in [5, 5.41) is 5.89. The van der Waals surface area contributed by atoms with Crippen molar-refractivity contribution in [1.29, 1.82) is 0 Å². The van der Waals surface area contributed by atoms with Gasteiger partial charge in [0.1, 0.15) is 0 Å². The fourth-order valence-corrected chi connectivity index (χ4v) is 5.43. The SMILES string of the molecule is Cc1ccc(CCc2ccc(Cc3ccc(C)pc3C)pc2)cp1. The highest BCUT2D eigenvalue weighted by Gasteiger charge is 2.03. The van der Waals surface area contributed by atoms with Crippen LogP contribution in [0.2, 0.25) is 0 Å². The van der Waals surface area contributed by atoms with Gasteiger partial charge in [-0.25, -0.2) is 0 Å². The molecule has 0 aliphatic heterocycles. The van der Waals surface area contributed by atoms with Gasteiger partial charge in [0.25, 0.3) is 0 Å². The number of aryl methyl sites for hydroxylation is 5. The first-order chi connectivity index (χ1) is 11.6. The van der Waals surface area contributed by atoms with Crippen molar-refractivity contribution in [3.8, 4) is 0 Å². The zero-order chi connectivity index (χ0) is 16.9. The van der Waals surface area contributed by atoms with E-state index in [-0.39, 0.29) is 0 Å². The maximum atomic E-state index is 2.40. The number of hydrogen-bond acceptors (Lipinski definition) is 0. The molecular formula is C21H23P3. The van der Waals surface area contributed by atoms with Crippen LogP contribution in [-0.2, 0) is 19.3 Å². The van der Waals surface area contributed by atoms with Gasteiger partial charge in [-0.05, 0) is 83.1 Å². The molecule has 0 radical (unpaired) electrons. The molecule has 0 saturated carbocycles. The second-order valence-electron chi connectivity index (χ2n) is 6.34. The van der Waals surface area contributed by atoms with Crippen LogP contribution in [0, 0.1) is 20.8 Å². The molecule has 0 bridgehead atoms. The van der Waals surface area contributed by atoms with Crippen molar-refractivity contribution in [3.05, 3.63) is 85.9 Å². The Hall–Kier alpha value is -1.05. The first kappa shape index (κ1) is 17.8. The molecule has 0 nitrogen and oxygen atoms in total. The molecule has 3 rings (SSSR count). The summed E-state index contributed by atoms with van der Waals surface area (Å²) >= 11 is 0. The highest BCUT2D eigenvalue weighted by molar-refractivity contribution is 7.31. The average molecular weight is 368 g/mol. The van der Waals surface area contributed by atoms with Crippen LogP contribution < -0.4 is 0 Å². The highest BCUT2D eigenvalue weighted by Crippen LogP contribution is 2.27. The topological polar surface area (TPSA) is 0 Å². The van der Waals surface area contributed by atoms with Gasteiger partial charge in [-0.1, -0.05) is 61.0 Å². The van der Waals surface area contributed by atoms with Crippen LogP contribution in [0.25, 0.3) is 0 Å². The predicted molar refractivity (Wildman–Crippen MR) is 111 cm³/mol. The van der Waals surface area contributed by atoms with Crippen molar-refractivity contribution in [2.24, 2.45) is 0 Å². The van der Waals surface area contributed by atoms with Crippen molar-refractivity contribution >= 4 is 24.6 Å². The lowest BCUT2D eigenvalue weighted by Crippen LogP contribution is -1.91. The van der Waals surface area contributed by atoms with Gasteiger partial charge in [-0.2, -0.15) is 0 Å². The summed E-state index contributed by atoms with van der Waals surface area (Å²) in [6.07, 6.45) is 3.39. The smallest absolute Gasteiger partial charge is 0.00240 e. The predicted octanol–water partition coefficient (Wildman–Crippen LogP) is 7.73. The van der Waals surface area contributed by atoms with Gasteiger partial charge in [0, 0.05) is 6.42 Å². The Morgan fingerprint density at radius 3 is 1.96 bits per heavy atom. The average Bonchev–Trinajstić information content (AvgIpc) is 2.58. The fourth-order valence-electron chi connectivity index (χ4n) is 2.74. The van der Waals surface area contributed by atoms with E-state index in [1.165, 1.54) is 62.4 Å². The lowest BCUT2D eigenvalue weighted by atomic mass is 10.1. The second kappa shape index (κ2) is 8.36. The van der Waals surface area contributed by atoms with E-state index in [4.69, 9.17) is 0 Å². The fraction of sp³-hybridized carbons (Fsp3) is 0.286. The maximum absolute atomic E-state index is 2.40. The Labute approximate surface area is 150 Å². The Kier molecular flexibility index (Phi) is 6.19. The van der Waals surface area contributed by atoms with Crippen LogP contribution in [0.4, 0.5) is 0 Å². The number of hydrogen-bond donors (Lipinski definition) is 0. The van der Waals surface area contributed by atoms with E-state index in [0.717, 1.165) is 19.3 Å². The minimum Gasteiger partial charge on any atom is -0.0729 e. The molecule has 3 aromatic rings. The summed E-state index contributed by atoms with van der Waals surface area (Å²) < 4.78 is 0. The highest BCUT2D eigenvalue weighted by atomic mass is 31.0. The van der Waals surface area contributed by atoms with Crippen LogP contribution in [0.3, 0.4) is 0 Å². The van der Waals surface area contributed by atoms with E-state index >= 15 is 0 Å². The molecule has 0 saturated heterocycles. The first-order valence-corrected chi connectivity index (χ1v) is 11.2. The number of rotatable bonds is 5. The van der Waals surface area contributed by atoms with Gasteiger partial charge in [0.2, 0.25) is 0 Å². The standard InChI is InChI=1S/C21H23P3/c1-15-4-6-18(13-22-15)7-8-19-9-11-21(23-14-19)12-20-10-5-16(2)24-17(20)3/h4-6,9-11,13-14H,7-8,12H2,1-3H3. The Morgan fingerprint density at radius 2 is 1.38 bits per heavy atom. The lowest BCUT2D eigenvalue weighted by Gasteiger charge is -2.07. The molecule has 122 valence electrons. The van der Waals surface area contributed by atoms with Gasteiger partial charge in [0.15, 0.2) is 0 Å². The van der Waals surface area contributed by atoms with Gasteiger partial charge in [-0.3, -0.25) is 0 Å². The van der Waals surface area contributed by atoms with E-state index in [9.17, 15) is 0 Å². The Morgan fingerprint density at radius 1 is 0.708 bits per heavy atom. The molecular weight excluding hydrogens is 345 g/mol. The monoisotopic (exact) mass is 368 g/mol. The third kappa shape index (κ3) is 4.97. The van der Waals surface area contributed by atoms with Crippen LogP contribution in [0.5, 0.6) is 0 Å². The van der Waals surface area contributed by atoms with E-state index in [1.54, 1.807) is 0 Å². The van der Waals surface area contributed by atoms with Gasteiger partial charge >= 0.3 is 0 Å². The van der Waals surface area contributed by atoms with Crippen molar-refractivity contribution in [1.82, 2.24) is 0 Å². The summed E-state index contributed by atoms with van der Waals surface area (Å²) in [6.45, 7) is 6.65. The first-order valence-electron chi connectivity index (χ1n) is 8.38. The molecule has 0 atom stereocenters. The zero-order valence-corrected chi connectivity index (χ0v) is 17.3. The minimum absolute atomic E-state index is 1.09. The van der Waals surface area contributed by atoms with E-state index in [0.29, 0.717) is 0 Å². The molecule has 0 aromatic carbocycles. The molecule has 0 amide bonds. The minimum atomic E-state index is 1.09. The Balaban J connectivity index is 1.61. The molecule has 3 heterocycles. The molecule has 3 aromatic heterocycles. The maximum Gasteiger partial charge on any atom is 0.00240 e. The molecule has 0 fully saturated rings. The molecule has 3 heteroatoms.